The average Bonchev–Trinajstić information content (AvgIpc) is 3.43. The van der Waals surface area contributed by atoms with Gasteiger partial charge in [0.15, 0.2) is 0 Å². The van der Waals surface area contributed by atoms with E-state index in [2.05, 4.69) is 33.6 Å². The number of anilines is 1. The Balaban J connectivity index is 1.29. The monoisotopic (exact) mass is 428 g/mol. The molecule has 1 saturated heterocycles. The van der Waals surface area contributed by atoms with E-state index in [4.69, 9.17) is 4.42 Å². The molecule has 4 aromatic rings. The van der Waals surface area contributed by atoms with Crippen molar-refractivity contribution < 1.29 is 9.21 Å². The topological polar surface area (TPSA) is 88.6 Å². The third-order valence-electron chi connectivity index (χ3n) is 6.84. The predicted octanol–water partition coefficient (Wildman–Crippen LogP) is 4.69. The van der Waals surface area contributed by atoms with Crippen LogP contribution in [-0.4, -0.2) is 36.6 Å². The molecule has 2 aliphatic rings. The highest BCUT2D eigenvalue weighted by molar-refractivity contribution is 5.92. The van der Waals surface area contributed by atoms with E-state index in [1.165, 1.54) is 0 Å². The SMILES string of the molecule is Cc1nnc(C23CCCC(C2)N3C(=O)Nc2ccc(C)c(-c3cnc4cccn4c3)c2)o1. The van der Waals surface area contributed by atoms with Gasteiger partial charge in [0.05, 0.1) is 0 Å². The molecule has 2 atom stereocenters. The van der Waals surface area contributed by atoms with Crippen LogP contribution in [0.1, 0.15) is 43.0 Å². The molecule has 2 bridgehead atoms. The Morgan fingerprint density at radius 1 is 1.25 bits per heavy atom. The van der Waals surface area contributed by atoms with Crippen LogP contribution >= 0.6 is 0 Å². The van der Waals surface area contributed by atoms with Gasteiger partial charge < -0.3 is 19.0 Å². The smallest absolute Gasteiger partial charge is 0.322 e. The van der Waals surface area contributed by atoms with Crippen LogP contribution in [0.4, 0.5) is 10.5 Å². The lowest BCUT2D eigenvalue weighted by Gasteiger charge is -2.59. The standard InChI is InChI=1S/C24H24N6O2/c1-15-7-8-18(11-20(15)17-13-25-21-6-4-10-29(21)14-17)26-23(31)30-19-5-3-9-24(30,12-19)22-28-27-16(2)32-22/h4,6-8,10-11,13-14,19H,3,5,9,12H2,1-2H3,(H,26,31). The first-order chi connectivity index (χ1) is 15.5. The minimum atomic E-state index is -0.481. The molecule has 2 unspecified atom stereocenters. The number of nitrogens with one attached hydrogen (secondary N) is 1. The van der Waals surface area contributed by atoms with Crippen LogP contribution in [0.2, 0.25) is 0 Å². The third kappa shape index (κ3) is 2.82. The van der Waals surface area contributed by atoms with Crippen LogP contribution in [0.5, 0.6) is 0 Å². The van der Waals surface area contributed by atoms with E-state index in [0.29, 0.717) is 11.8 Å². The summed E-state index contributed by atoms with van der Waals surface area (Å²) in [6, 6.07) is 10.0. The Kier molecular flexibility index (Phi) is 4.11. The summed E-state index contributed by atoms with van der Waals surface area (Å²) in [6.07, 6.45) is 9.69. The van der Waals surface area contributed by atoms with Crippen molar-refractivity contribution in [2.24, 2.45) is 0 Å². The van der Waals surface area contributed by atoms with Gasteiger partial charge in [0.25, 0.3) is 0 Å². The molecule has 4 heterocycles. The van der Waals surface area contributed by atoms with Gasteiger partial charge in [-0.3, -0.25) is 0 Å². The number of carbonyl (C=O) groups is 1. The molecule has 1 aliphatic heterocycles. The molecule has 6 rings (SSSR count). The number of aromatic nitrogens is 4. The lowest BCUT2D eigenvalue weighted by atomic mass is 9.68. The quantitative estimate of drug-likeness (QED) is 0.512. The minimum absolute atomic E-state index is 0.120. The van der Waals surface area contributed by atoms with Gasteiger partial charge in [-0.1, -0.05) is 6.07 Å². The van der Waals surface area contributed by atoms with Crippen LogP contribution in [0, 0.1) is 13.8 Å². The summed E-state index contributed by atoms with van der Waals surface area (Å²) in [6.45, 7) is 3.85. The van der Waals surface area contributed by atoms with Gasteiger partial charge in [0.2, 0.25) is 11.8 Å². The molecule has 162 valence electrons. The Hall–Kier alpha value is -3.68. The Bertz CT molecular complexity index is 1340. The molecule has 8 nitrogen and oxygen atoms in total. The maximum atomic E-state index is 13.4. The summed E-state index contributed by atoms with van der Waals surface area (Å²) < 4.78 is 7.76. The zero-order valence-corrected chi connectivity index (χ0v) is 18.1. The number of carbonyl (C=O) groups excluding carboxylic acids is 1. The summed E-state index contributed by atoms with van der Waals surface area (Å²) >= 11 is 0. The summed E-state index contributed by atoms with van der Waals surface area (Å²) in [5, 5.41) is 11.4. The zero-order chi connectivity index (χ0) is 21.9. The maximum absolute atomic E-state index is 13.4. The van der Waals surface area contributed by atoms with Crippen LogP contribution in [0.15, 0.2) is 53.3 Å². The highest BCUT2D eigenvalue weighted by atomic mass is 16.4. The number of amides is 2. The normalized spacial score (nSPS) is 22.1. The Morgan fingerprint density at radius 2 is 2.16 bits per heavy atom. The van der Waals surface area contributed by atoms with Gasteiger partial charge in [-0.15, -0.1) is 10.2 Å². The van der Waals surface area contributed by atoms with Crippen LogP contribution in [0.25, 0.3) is 16.8 Å². The van der Waals surface area contributed by atoms with Crippen LogP contribution in [0.3, 0.4) is 0 Å². The number of piperidine rings is 1. The van der Waals surface area contributed by atoms with Gasteiger partial charge in [-0.2, -0.15) is 0 Å². The highest BCUT2D eigenvalue weighted by Crippen LogP contribution is 2.53. The summed E-state index contributed by atoms with van der Waals surface area (Å²) in [4.78, 5) is 19.8. The Labute approximate surface area is 185 Å². The third-order valence-corrected chi connectivity index (χ3v) is 6.84. The number of rotatable bonds is 3. The van der Waals surface area contributed by atoms with E-state index in [9.17, 15) is 4.79 Å². The lowest BCUT2D eigenvalue weighted by molar-refractivity contribution is -0.0912. The van der Waals surface area contributed by atoms with Gasteiger partial charge >= 0.3 is 6.03 Å². The first kappa shape index (κ1) is 19.0. The zero-order valence-electron chi connectivity index (χ0n) is 18.1. The molecule has 32 heavy (non-hydrogen) atoms. The molecule has 0 spiro atoms. The van der Waals surface area contributed by atoms with E-state index >= 15 is 0 Å². The van der Waals surface area contributed by atoms with Crippen molar-refractivity contribution in [3.8, 4) is 11.1 Å². The fourth-order valence-corrected chi connectivity index (χ4v) is 5.30. The van der Waals surface area contributed by atoms with Crippen molar-refractivity contribution in [1.29, 1.82) is 0 Å². The average molecular weight is 428 g/mol. The van der Waals surface area contributed by atoms with Gasteiger partial charge in [0.1, 0.15) is 11.2 Å². The van der Waals surface area contributed by atoms with Gasteiger partial charge in [-0.05, 0) is 61.6 Å². The molecular weight excluding hydrogens is 404 g/mol. The second kappa shape index (κ2) is 6.91. The largest absolute Gasteiger partial charge is 0.423 e. The van der Waals surface area contributed by atoms with E-state index in [0.717, 1.165) is 53.7 Å². The van der Waals surface area contributed by atoms with E-state index in [-0.39, 0.29) is 12.1 Å². The van der Waals surface area contributed by atoms with Gasteiger partial charge in [-0.25, -0.2) is 9.78 Å². The fourth-order valence-electron chi connectivity index (χ4n) is 5.30. The van der Waals surface area contributed by atoms with Gasteiger partial charge in [0, 0.05) is 49.2 Å². The first-order valence-corrected chi connectivity index (χ1v) is 11.0. The number of likely N-dealkylation sites (tertiary alicyclic amines) is 1. The van der Waals surface area contributed by atoms with Crippen molar-refractivity contribution >= 4 is 17.4 Å². The van der Waals surface area contributed by atoms with Crippen LogP contribution in [-0.2, 0) is 5.54 Å². The fraction of sp³-hybridized carbons (Fsp3) is 0.333. The molecule has 3 aromatic heterocycles. The number of hydrogen-bond acceptors (Lipinski definition) is 5. The number of fused-ring (bicyclic) bond motifs is 3. The lowest BCUT2D eigenvalue weighted by Crippen LogP contribution is -2.69. The van der Waals surface area contributed by atoms with Crippen molar-refractivity contribution in [2.75, 3.05) is 5.32 Å². The predicted molar refractivity (Wildman–Crippen MR) is 119 cm³/mol. The molecule has 2 fully saturated rings. The second-order valence-corrected chi connectivity index (χ2v) is 8.85. The molecule has 0 radical (unpaired) electrons. The van der Waals surface area contributed by atoms with E-state index < -0.39 is 5.54 Å². The molecule has 1 aliphatic carbocycles. The Morgan fingerprint density at radius 3 is 2.97 bits per heavy atom. The van der Waals surface area contributed by atoms with E-state index in [1.807, 2.05) is 52.0 Å². The molecule has 1 N–H and O–H groups in total. The number of benzene rings is 1. The molecular formula is C24H24N6O2. The second-order valence-electron chi connectivity index (χ2n) is 8.85. The van der Waals surface area contributed by atoms with Crippen molar-refractivity contribution in [1.82, 2.24) is 24.5 Å². The van der Waals surface area contributed by atoms with Crippen molar-refractivity contribution in [3.63, 3.8) is 0 Å². The number of aryl methyl sites for hydroxylation is 2. The van der Waals surface area contributed by atoms with Crippen LogP contribution < -0.4 is 5.32 Å². The summed E-state index contributed by atoms with van der Waals surface area (Å²) in [7, 11) is 0. The first-order valence-electron chi connectivity index (χ1n) is 11.0. The number of urea groups is 1. The van der Waals surface area contributed by atoms with Crippen molar-refractivity contribution in [3.05, 3.63) is 66.3 Å². The number of hydrogen-bond donors (Lipinski definition) is 1. The van der Waals surface area contributed by atoms with E-state index in [1.54, 1.807) is 6.92 Å². The molecule has 1 aromatic carbocycles. The highest BCUT2D eigenvalue weighted by Gasteiger charge is 2.60. The molecule has 8 heteroatoms. The molecule has 2 amide bonds. The summed E-state index contributed by atoms with van der Waals surface area (Å²) in [5.74, 6) is 1.08. The van der Waals surface area contributed by atoms with Crippen molar-refractivity contribution in [2.45, 2.75) is 51.1 Å². The minimum Gasteiger partial charge on any atom is -0.423 e. The molecule has 1 saturated carbocycles. The maximum Gasteiger partial charge on any atom is 0.322 e. The summed E-state index contributed by atoms with van der Waals surface area (Å²) in [5.41, 5.74) is 4.34. The number of nitrogens with zero attached hydrogens (tertiary/aromatic N) is 5.